The van der Waals surface area contributed by atoms with Crippen LogP contribution in [0.25, 0.3) is 0 Å². The number of rotatable bonds is 5. The van der Waals surface area contributed by atoms with E-state index in [2.05, 4.69) is 0 Å². The monoisotopic (exact) mass is 413 g/mol. The van der Waals surface area contributed by atoms with Gasteiger partial charge >= 0.3 is 5.97 Å². The third-order valence-electron chi connectivity index (χ3n) is 4.05. The molecule has 0 aromatic heterocycles. The van der Waals surface area contributed by atoms with Crippen molar-refractivity contribution in [2.24, 2.45) is 0 Å². The fourth-order valence-electron chi connectivity index (χ4n) is 2.56. The molecule has 0 spiro atoms. The number of halogens is 2. The molecule has 0 N–H and O–H groups in total. The number of carbonyl (C=O) groups excluding carboxylic acids is 1. The summed E-state index contributed by atoms with van der Waals surface area (Å²) < 4.78 is 50.9. The summed E-state index contributed by atoms with van der Waals surface area (Å²) in [6, 6.07) is 9.71. The van der Waals surface area contributed by atoms with E-state index in [0.717, 1.165) is 18.2 Å². The molecular weight excluding hydrogens is 397 g/mol. The van der Waals surface area contributed by atoms with Gasteiger partial charge in [-0.25, -0.2) is 17.6 Å². The fraction of sp³-hybridized carbons (Fsp3) is 0.278. The highest BCUT2D eigenvalue weighted by molar-refractivity contribution is 7.89. The minimum absolute atomic E-state index is 0.0874. The van der Waals surface area contributed by atoms with E-state index < -0.39 is 27.4 Å². The van der Waals surface area contributed by atoms with Gasteiger partial charge in [0.1, 0.15) is 12.4 Å². The molecule has 3 rings (SSSR count). The van der Waals surface area contributed by atoms with Crippen molar-refractivity contribution in [3.05, 3.63) is 64.4 Å². The lowest BCUT2D eigenvalue weighted by atomic mass is 10.2. The maximum absolute atomic E-state index is 14.1. The number of esters is 1. The van der Waals surface area contributed by atoms with Crippen LogP contribution < -0.4 is 0 Å². The van der Waals surface area contributed by atoms with Crippen LogP contribution in [0.4, 0.5) is 4.39 Å². The van der Waals surface area contributed by atoms with Crippen LogP contribution in [0.5, 0.6) is 0 Å². The van der Waals surface area contributed by atoms with Crippen LogP contribution in [0, 0.1) is 5.82 Å². The number of sulfonamides is 1. The van der Waals surface area contributed by atoms with Gasteiger partial charge in [0, 0.05) is 18.1 Å². The first-order valence-corrected chi connectivity index (χ1v) is 9.99. The zero-order valence-corrected chi connectivity index (χ0v) is 15.8. The third-order valence-corrected chi connectivity index (χ3v) is 6.20. The van der Waals surface area contributed by atoms with E-state index in [4.69, 9.17) is 21.1 Å². The van der Waals surface area contributed by atoms with Gasteiger partial charge in [0.2, 0.25) is 10.0 Å². The number of benzene rings is 2. The zero-order valence-electron chi connectivity index (χ0n) is 14.2. The molecule has 6 nitrogen and oxygen atoms in total. The van der Waals surface area contributed by atoms with Crippen molar-refractivity contribution in [3.8, 4) is 0 Å². The number of carbonyl (C=O) groups is 1. The highest BCUT2D eigenvalue weighted by atomic mass is 35.5. The molecule has 2 aromatic rings. The van der Waals surface area contributed by atoms with Gasteiger partial charge in [0.15, 0.2) is 0 Å². The van der Waals surface area contributed by atoms with E-state index in [1.807, 2.05) is 0 Å². The molecule has 1 heterocycles. The lowest BCUT2D eigenvalue weighted by Gasteiger charge is -2.26. The number of hydrogen-bond donors (Lipinski definition) is 0. The largest absolute Gasteiger partial charge is 0.457 e. The molecule has 1 aliphatic heterocycles. The van der Waals surface area contributed by atoms with Gasteiger partial charge < -0.3 is 9.47 Å². The molecule has 144 valence electrons. The average molecular weight is 414 g/mol. The summed E-state index contributed by atoms with van der Waals surface area (Å²) in [5.74, 6) is -1.79. The summed E-state index contributed by atoms with van der Waals surface area (Å²) in [7, 11) is -3.84. The summed E-state index contributed by atoms with van der Waals surface area (Å²) >= 11 is 5.79. The first-order chi connectivity index (χ1) is 12.9. The summed E-state index contributed by atoms with van der Waals surface area (Å²) in [6.07, 6.45) is 0. The molecule has 2 aromatic carbocycles. The quantitative estimate of drug-likeness (QED) is 0.705. The second-order valence-electron chi connectivity index (χ2n) is 5.86. The summed E-state index contributed by atoms with van der Waals surface area (Å²) in [5, 5.41) is 0.539. The molecule has 0 saturated carbocycles. The molecule has 0 aliphatic carbocycles. The topological polar surface area (TPSA) is 72.9 Å². The second kappa shape index (κ2) is 8.35. The molecule has 27 heavy (non-hydrogen) atoms. The van der Waals surface area contributed by atoms with Crippen LogP contribution in [0.3, 0.4) is 0 Å². The first kappa shape index (κ1) is 19.8. The van der Waals surface area contributed by atoms with Crippen LogP contribution in [-0.4, -0.2) is 45.0 Å². The maximum Gasteiger partial charge on any atom is 0.341 e. The molecule has 0 atom stereocenters. The van der Waals surface area contributed by atoms with E-state index in [-0.39, 0.29) is 37.8 Å². The number of ether oxygens (including phenoxy) is 2. The van der Waals surface area contributed by atoms with Crippen LogP contribution >= 0.6 is 11.6 Å². The SMILES string of the molecule is O=C(OCc1ccc(Cl)cc1)c1cc(S(=O)(=O)N2CCOCC2)ccc1F. The van der Waals surface area contributed by atoms with Gasteiger partial charge in [0.25, 0.3) is 0 Å². The Labute approximate surface area is 161 Å². The summed E-state index contributed by atoms with van der Waals surface area (Å²) in [4.78, 5) is 12.1. The maximum atomic E-state index is 14.1. The van der Waals surface area contributed by atoms with Crippen molar-refractivity contribution in [1.29, 1.82) is 0 Å². The predicted molar refractivity (Wildman–Crippen MR) is 96.5 cm³/mol. The first-order valence-electron chi connectivity index (χ1n) is 8.17. The van der Waals surface area contributed by atoms with Gasteiger partial charge in [0.05, 0.1) is 23.7 Å². The van der Waals surface area contributed by atoms with Crippen molar-refractivity contribution >= 4 is 27.6 Å². The van der Waals surface area contributed by atoms with Crippen molar-refractivity contribution in [2.75, 3.05) is 26.3 Å². The molecular formula is C18H17ClFNO5S. The van der Waals surface area contributed by atoms with E-state index in [0.29, 0.717) is 10.6 Å². The molecule has 0 amide bonds. The van der Waals surface area contributed by atoms with Gasteiger partial charge in [-0.1, -0.05) is 23.7 Å². The predicted octanol–water partition coefficient (Wildman–Crippen LogP) is 2.86. The third kappa shape index (κ3) is 4.65. The van der Waals surface area contributed by atoms with E-state index >= 15 is 0 Å². The Bertz CT molecular complexity index is 927. The van der Waals surface area contributed by atoms with Crippen LogP contribution in [0.2, 0.25) is 5.02 Å². The van der Waals surface area contributed by atoms with Crippen molar-refractivity contribution in [2.45, 2.75) is 11.5 Å². The Balaban J connectivity index is 1.78. The summed E-state index contributed by atoms with van der Waals surface area (Å²) in [5.41, 5.74) is 0.239. The second-order valence-corrected chi connectivity index (χ2v) is 8.24. The molecule has 1 fully saturated rings. The zero-order chi connectivity index (χ0) is 19.4. The van der Waals surface area contributed by atoms with Gasteiger partial charge in [-0.2, -0.15) is 4.31 Å². The summed E-state index contributed by atoms with van der Waals surface area (Å²) in [6.45, 7) is 0.898. The number of nitrogens with zero attached hydrogens (tertiary/aromatic N) is 1. The van der Waals surface area contributed by atoms with Crippen LogP contribution in [0.1, 0.15) is 15.9 Å². The Kier molecular flexibility index (Phi) is 6.11. The molecule has 1 aliphatic rings. The normalized spacial score (nSPS) is 15.5. The minimum Gasteiger partial charge on any atom is -0.457 e. The number of hydrogen-bond acceptors (Lipinski definition) is 5. The lowest BCUT2D eigenvalue weighted by molar-refractivity contribution is 0.0467. The minimum atomic E-state index is -3.84. The van der Waals surface area contributed by atoms with Gasteiger partial charge in [-0.3, -0.25) is 0 Å². The Morgan fingerprint density at radius 3 is 2.48 bits per heavy atom. The van der Waals surface area contributed by atoms with Crippen molar-refractivity contribution in [1.82, 2.24) is 4.31 Å². The smallest absolute Gasteiger partial charge is 0.341 e. The molecule has 0 bridgehead atoms. The molecule has 9 heteroatoms. The molecule has 0 radical (unpaired) electrons. The van der Waals surface area contributed by atoms with Gasteiger partial charge in [-0.15, -0.1) is 0 Å². The molecule has 1 saturated heterocycles. The van der Waals surface area contributed by atoms with E-state index in [1.54, 1.807) is 24.3 Å². The number of morpholine rings is 1. The lowest BCUT2D eigenvalue weighted by Crippen LogP contribution is -2.40. The Hall–Kier alpha value is -2.00. The van der Waals surface area contributed by atoms with Crippen molar-refractivity contribution in [3.63, 3.8) is 0 Å². The fourth-order valence-corrected chi connectivity index (χ4v) is 4.13. The van der Waals surface area contributed by atoms with Gasteiger partial charge in [-0.05, 0) is 35.9 Å². The highest BCUT2D eigenvalue weighted by Crippen LogP contribution is 2.21. The Morgan fingerprint density at radius 2 is 1.81 bits per heavy atom. The average Bonchev–Trinajstić information content (AvgIpc) is 2.68. The Morgan fingerprint density at radius 1 is 1.15 bits per heavy atom. The highest BCUT2D eigenvalue weighted by Gasteiger charge is 2.28. The van der Waals surface area contributed by atoms with Crippen LogP contribution in [0.15, 0.2) is 47.4 Å². The molecule has 0 unspecified atom stereocenters. The standard InChI is InChI=1S/C18H17ClFNO5S/c19-14-3-1-13(2-4-14)12-26-18(22)16-11-15(5-6-17(16)20)27(23,24)21-7-9-25-10-8-21/h1-6,11H,7-10,12H2. The van der Waals surface area contributed by atoms with Crippen molar-refractivity contribution < 1.29 is 27.1 Å². The van der Waals surface area contributed by atoms with E-state index in [9.17, 15) is 17.6 Å². The van der Waals surface area contributed by atoms with E-state index in [1.165, 1.54) is 4.31 Å². The van der Waals surface area contributed by atoms with Crippen LogP contribution in [-0.2, 0) is 26.1 Å².